The first-order valence-corrected chi connectivity index (χ1v) is 11.4. The Morgan fingerprint density at radius 2 is 1.39 bits per heavy atom. The van der Waals surface area contributed by atoms with Crippen LogP contribution in [0.2, 0.25) is 0 Å². The van der Waals surface area contributed by atoms with E-state index >= 15 is 0 Å². The molecule has 0 aromatic heterocycles. The maximum Gasteiger partial charge on any atom is 0.0311 e. The van der Waals surface area contributed by atoms with Gasteiger partial charge in [-0.25, -0.2) is 0 Å². The van der Waals surface area contributed by atoms with Gasteiger partial charge in [-0.1, -0.05) is 116 Å². The zero-order valence-electron chi connectivity index (χ0n) is 17.9. The average Bonchev–Trinajstić information content (AvgIpc) is 3.38. The van der Waals surface area contributed by atoms with E-state index in [1.165, 1.54) is 56.5 Å². The van der Waals surface area contributed by atoms with Gasteiger partial charge < -0.3 is 0 Å². The van der Waals surface area contributed by atoms with Gasteiger partial charge in [0.15, 0.2) is 0 Å². The van der Waals surface area contributed by atoms with Crippen molar-refractivity contribution in [2.24, 2.45) is 0 Å². The lowest BCUT2D eigenvalue weighted by molar-refractivity contribution is 0.824. The van der Waals surface area contributed by atoms with Crippen LogP contribution in [0.1, 0.15) is 53.5 Å². The fourth-order valence-electron chi connectivity index (χ4n) is 5.66. The molecule has 6 rings (SSSR count). The van der Waals surface area contributed by atoms with Crippen LogP contribution in [0.4, 0.5) is 0 Å². The van der Waals surface area contributed by atoms with Crippen molar-refractivity contribution in [3.05, 3.63) is 124 Å². The minimum Gasteiger partial charge on any atom is -0.0651 e. The average molecular weight is 399 g/mol. The van der Waals surface area contributed by atoms with E-state index in [0.717, 1.165) is 12.8 Å². The van der Waals surface area contributed by atoms with Gasteiger partial charge in [-0.3, -0.25) is 0 Å². The molecule has 0 nitrogen and oxygen atoms in total. The van der Waals surface area contributed by atoms with E-state index < -0.39 is 0 Å². The van der Waals surface area contributed by atoms with Gasteiger partial charge in [0.25, 0.3) is 0 Å². The van der Waals surface area contributed by atoms with Crippen LogP contribution in [0, 0.1) is 0 Å². The summed E-state index contributed by atoms with van der Waals surface area (Å²) in [5, 5.41) is 0. The number of hydrogen-bond donors (Lipinski definition) is 0. The molecule has 0 saturated heterocycles. The first-order valence-electron chi connectivity index (χ1n) is 11.4. The molecule has 0 amide bonds. The Hall–Kier alpha value is -3.38. The lowest BCUT2D eigenvalue weighted by Crippen LogP contribution is -2.05. The lowest BCUT2D eigenvalue weighted by atomic mass is 9.82. The molecular weight excluding hydrogens is 372 g/mol. The normalized spacial score (nSPS) is 15.9. The highest BCUT2D eigenvalue weighted by Gasteiger charge is 2.32. The maximum atomic E-state index is 2.49. The molecule has 2 aliphatic carbocycles. The van der Waals surface area contributed by atoms with Crippen molar-refractivity contribution in [3.63, 3.8) is 0 Å². The molecule has 0 heterocycles. The van der Waals surface area contributed by atoms with Crippen LogP contribution in [0.5, 0.6) is 0 Å². The van der Waals surface area contributed by atoms with E-state index in [1.807, 2.05) is 0 Å². The van der Waals surface area contributed by atoms with Crippen LogP contribution in [0.15, 0.2) is 96.6 Å². The van der Waals surface area contributed by atoms with E-state index in [9.17, 15) is 0 Å². The molecule has 0 heteroatoms. The van der Waals surface area contributed by atoms with Crippen LogP contribution in [0.3, 0.4) is 0 Å². The van der Waals surface area contributed by atoms with Gasteiger partial charge in [0, 0.05) is 5.92 Å². The number of rotatable bonds is 4. The Kier molecular flexibility index (Phi) is 4.39. The predicted octanol–water partition coefficient (Wildman–Crippen LogP) is 8.25. The van der Waals surface area contributed by atoms with Gasteiger partial charge in [0.1, 0.15) is 0 Å². The van der Waals surface area contributed by atoms with E-state index in [-0.39, 0.29) is 0 Å². The predicted molar refractivity (Wildman–Crippen MR) is 131 cm³/mol. The Bertz CT molecular complexity index is 1310. The highest BCUT2D eigenvalue weighted by atomic mass is 14.3. The van der Waals surface area contributed by atoms with Crippen LogP contribution in [0.25, 0.3) is 28.3 Å². The number of hydrogen-bond acceptors (Lipinski definition) is 0. The zero-order chi connectivity index (χ0) is 20.8. The van der Waals surface area contributed by atoms with E-state index in [2.05, 4.69) is 104 Å². The van der Waals surface area contributed by atoms with Gasteiger partial charge >= 0.3 is 0 Å². The molecule has 150 valence electrons. The Morgan fingerprint density at radius 3 is 2.23 bits per heavy atom. The fraction of sp³-hybridized carbons (Fsp3) is 0.161. The van der Waals surface area contributed by atoms with Crippen molar-refractivity contribution in [1.29, 1.82) is 0 Å². The molecule has 1 atom stereocenters. The molecule has 0 aliphatic heterocycles. The smallest absolute Gasteiger partial charge is 0.0311 e. The maximum absolute atomic E-state index is 2.49. The van der Waals surface area contributed by atoms with Crippen LogP contribution < -0.4 is 0 Å². The van der Waals surface area contributed by atoms with Crippen molar-refractivity contribution in [3.8, 4) is 22.3 Å². The lowest BCUT2D eigenvalue weighted by Gasteiger charge is -2.21. The van der Waals surface area contributed by atoms with Crippen molar-refractivity contribution in [2.45, 2.75) is 32.1 Å². The van der Waals surface area contributed by atoms with Gasteiger partial charge in [-0.05, 0) is 62.9 Å². The summed E-state index contributed by atoms with van der Waals surface area (Å²) in [5.74, 6) is 0.364. The highest BCUT2D eigenvalue weighted by Crippen LogP contribution is 2.49. The Balaban J connectivity index is 1.54. The molecular formula is C31H26. The molecule has 0 spiro atoms. The standard InChI is InChI=1S/C31H26/c1-2-10-23-20-29-24(21-11-4-3-5-12-21)15-8-17-27(29)31(23)28-18-9-16-26-25-14-7-6-13-22(25)19-30(26)28/h3-9,11-18,20,31H,2,10,19H2,1H3. The highest BCUT2D eigenvalue weighted by molar-refractivity contribution is 5.85. The second-order valence-electron chi connectivity index (χ2n) is 8.78. The molecule has 0 radical (unpaired) electrons. The van der Waals surface area contributed by atoms with Crippen LogP contribution >= 0.6 is 0 Å². The van der Waals surface area contributed by atoms with Crippen molar-refractivity contribution >= 4 is 6.08 Å². The largest absolute Gasteiger partial charge is 0.0651 e. The zero-order valence-corrected chi connectivity index (χ0v) is 17.9. The van der Waals surface area contributed by atoms with Gasteiger partial charge in [-0.2, -0.15) is 0 Å². The van der Waals surface area contributed by atoms with Crippen LogP contribution in [-0.4, -0.2) is 0 Å². The summed E-state index contributed by atoms with van der Waals surface area (Å²) in [5.41, 5.74) is 14.4. The second-order valence-corrected chi connectivity index (χ2v) is 8.78. The van der Waals surface area contributed by atoms with E-state index in [0.29, 0.717) is 5.92 Å². The van der Waals surface area contributed by atoms with E-state index in [4.69, 9.17) is 0 Å². The molecule has 0 bridgehead atoms. The Labute approximate surface area is 184 Å². The molecule has 0 fully saturated rings. The van der Waals surface area contributed by atoms with Gasteiger partial charge in [0.05, 0.1) is 0 Å². The minimum absolute atomic E-state index is 0.364. The summed E-state index contributed by atoms with van der Waals surface area (Å²) in [4.78, 5) is 0. The Morgan fingerprint density at radius 1 is 0.677 bits per heavy atom. The third-order valence-corrected chi connectivity index (χ3v) is 6.97. The minimum atomic E-state index is 0.364. The first kappa shape index (κ1) is 18.4. The van der Waals surface area contributed by atoms with Crippen molar-refractivity contribution in [1.82, 2.24) is 0 Å². The van der Waals surface area contributed by atoms with Crippen molar-refractivity contribution in [2.75, 3.05) is 0 Å². The summed E-state index contributed by atoms with van der Waals surface area (Å²) >= 11 is 0. The molecule has 0 N–H and O–H groups in total. The summed E-state index contributed by atoms with van der Waals surface area (Å²) in [6, 6.07) is 33.6. The summed E-state index contributed by atoms with van der Waals surface area (Å²) in [7, 11) is 0. The number of fused-ring (bicyclic) bond motifs is 4. The summed E-state index contributed by atoms with van der Waals surface area (Å²) in [6.07, 6.45) is 5.86. The third-order valence-electron chi connectivity index (χ3n) is 6.97. The molecule has 4 aromatic carbocycles. The third kappa shape index (κ3) is 2.90. The fourth-order valence-corrected chi connectivity index (χ4v) is 5.66. The van der Waals surface area contributed by atoms with Gasteiger partial charge in [0.2, 0.25) is 0 Å². The second kappa shape index (κ2) is 7.39. The molecule has 31 heavy (non-hydrogen) atoms. The topological polar surface area (TPSA) is 0 Å². The SMILES string of the molecule is CCCC1=Cc2c(-c3ccccc3)cccc2C1c1cccc2c1Cc1ccccc1-2. The molecule has 1 unspecified atom stereocenters. The number of benzene rings is 4. The van der Waals surface area contributed by atoms with Gasteiger partial charge in [-0.15, -0.1) is 0 Å². The first-order chi connectivity index (χ1) is 15.3. The molecule has 4 aromatic rings. The summed E-state index contributed by atoms with van der Waals surface area (Å²) in [6.45, 7) is 2.30. The number of allylic oxidation sites excluding steroid dienone is 1. The monoisotopic (exact) mass is 398 g/mol. The van der Waals surface area contributed by atoms with E-state index in [1.54, 1.807) is 5.57 Å². The van der Waals surface area contributed by atoms with Crippen molar-refractivity contribution < 1.29 is 0 Å². The summed E-state index contributed by atoms with van der Waals surface area (Å²) < 4.78 is 0. The van der Waals surface area contributed by atoms with Crippen LogP contribution in [-0.2, 0) is 6.42 Å². The molecule has 2 aliphatic rings. The molecule has 0 saturated carbocycles. The quantitative estimate of drug-likeness (QED) is 0.286.